The van der Waals surface area contributed by atoms with Crippen LogP contribution in [0.3, 0.4) is 0 Å². The first kappa shape index (κ1) is 40.0. The van der Waals surface area contributed by atoms with Crippen molar-refractivity contribution in [1.29, 1.82) is 0 Å². The van der Waals surface area contributed by atoms with Crippen molar-refractivity contribution in [2.45, 2.75) is 47.5 Å². The Morgan fingerprint density at radius 3 is 1.24 bits per heavy atom. The smallest absolute Gasteiger partial charge is 0.238 e. The normalized spacial score (nSPS) is 11.2. The Balaban J connectivity index is 1.23. The Morgan fingerprint density at radius 1 is 0.339 bits per heavy atom. The number of nitrogens with zero attached hydrogens (tertiary/aromatic N) is 4. The molecule has 62 heavy (non-hydrogen) atoms. The largest absolute Gasteiger partial charge is 0.279 e. The van der Waals surface area contributed by atoms with Gasteiger partial charge in [-0.3, -0.25) is 4.90 Å². The second-order valence-corrected chi connectivity index (χ2v) is 16.5. The van der Waals surface area contributed by atoms with Crippen molar-refractivity contribution in [3.8, 4) is 45.0 Å². The number of aryl methyl sites for hydroxylation is 6. The Kier molecular flexibility index (Phi) is 11.1. The fourth-order valence-electron chi connectivity index (χ4n) is 9.17. The summed E-state index contributed by atoms with van der Waals surface area (Å²) in [7, 11) is 0. The van der Waals surface area contributed by atoms with E-state index in [2.05, 4.69) is 210 Å². The summed E-state index contributed by atoms with van der Waals surface area (Å²) in [5.41, 5.74) is 20.0. The van der Waals surface area contributed by atoms with Crippen molar-refractivity contribution >= 4 is 17.3 Å². The van der Waals surface area contributed by atoms with E-state index in [0.29, 0.717) is 17.6 Å². The van der Waals surface area contributed by atoms with E-state index in [-0.39, 0.29) is 5.92 Å². The molecule has 0 saturated carbocycles. The molecule has 1 heterocycles. The molecule has 4 nitrogen and oxygen atoms in total. The molecule has 0 aliphatic rings. The van der Waals surface area contributed by atoms with Gasteiger partial charge in [-0.05, 0) is 127 Å². The predicted molar refractivity (Wildman–Crippen MR) is 259 cm³/mol. The van der Waals surface area contributed by atoms with Crippen molar-refractivity contribution < 1.29 is 0 Å². The zero-order chi connectivity index (χ0) is 42.7. The van der Waals surface area contributed by atoms with E-state index >= 15 is 0 Å². The molecule has 0 N–H and O–H groups in total. The second-order valence-electron chi connectivity index (χ2n) is 16.5. The van der Waals surface area contributed by atoms with Crippen LogP contribution < -0.4 is 4.90 Å². The van der Waals surface area contributed by atoms with Gasteiger partial charge in [0.05, 0.1) is 0 Å². The van der Waals surface area contributed by atoms with Gasteiger partial charge in [-0.25, -0.2) is 4.98 Å². The lowest BCUT2D eigenvalue weighted by molar-refractivity contribution is 0.919. The fourth-order valence-corrected chi connectivity index (χ4v) is 9.17. The van der Waals surface area contributed by atoms with Gasteiger partial charge < -0.3 is 0 Å². The molecule has 0 spiro atoms. The van der Waals surface area contributed by atoms with Gasteiger partial charge in [0.1, 0.15) is 0 Å². The van der Waals surface area contributed by atoms with Crippen LogP contribution in [0, 0.1) is 41.5 Å². The van der Waals surface area contributed by atoms with E-state index < -0.39 is 0 Å². The van der Waals surface area contributed by atoms with Crippen molar-refractivity contribution in [1.82, 2.24) is 15.0 Å². The van der Waals surface area contributed by atoms with E-state index in [4.69, 9.17) is 15.0 Å². The Morgan fingerprint density at radius 2 is 0.742 bits per heavy atom. The quantitative estimate of drug-likeness (QED) is 0.129. The maximum absolute atomic E-state index is 5.31. The molecule has 1 aromatic heterocycles. The maximum atomic E-state index is 5.31. The standard InChI is InChI=1S/C58H50N4/c1-38-33-40(3)53(41(4)34-38)55(54-42(5)35-39(2)36-43(54)6)47-29-31-51(32-30-47)62(52-24-16-23-50(37-52)45-19-12-8-13-20-45)58-60-56(48-21-14-9-15-22-48)59-57(61-58)49-27-25-46(26-28-49)44-17-10-7-11-18-44/h7-37,55H,1-6H3. The molecule has 0 unspecified atom stereocenters. The molecule has 4 heteroatoms. The van der Waals surface area contributed by atoms with Gasteiger partial charge in [-0.1, -0.05) is 175 Å². The summed E-state index contributed by atoms with van der Waals surface area (Å²) in [6.45, 7) is 13.4. The number of hydrogen-bond acceptors (Lipinski definition) is 4. The van der Waals surface area contributed by atoms with Crippen LogP contribution in [-0.2, 0) is 0 Å². The van der Waals surface area contributed by atoms with E-state index in [1.165, 1.54) is 50.1 Å². The van der Waals surface area contributed by atoms with Crippen LogP contribution in [0.1, 0.15) is 56.0 Å². The summed E-state index contributed by atoms with van der Waals surface area (Å²) in [5, 5.41) is 0. The van der Waals surface area contributed by atoms with Gasteiger partial charge in [0.2, 0.25) is 5.95 Å². The van der Waals surface area contributed by atoms with Gasteiger partial charge in [-0.15, -0.1) is 0 Å². The van der Waals surface area contributed by atoms with Gasteiger partial charge in [0.15, 0.2) is 11.6 Å². The molecule has 0 atom stereocenters. The molecule has 0 fully saturated rings. The predicted octanol–water partition coefficient (Wildman–Crippen LogP) is 15.0. The van der Waals surface area contributed by atoms with E-state index in [1.807, 2.05) is 24.3 Å². The summed E-state index contributed by atoms with van der Waals surface area (Å²) in [6.07, 6.45) is 0. The van der Waals surface area contributed by atoms with Crippen LogP contribution in [0.15, 0.2) is 188 Å². The zero-order valence-electron chi connectivity index (χ0n) is 36.3. The lowest BCUT2D eigenvalue weighted by Crippen LogP contribution is -2.16. The molecule has 0 saturated heterocycles. The average Bonchev–Trinajstić information content (AvgIpc) is 3.29. The molecule has 302 valence electrons. The molecule has 0 aliphatic heterocycles. The van der Waals surface area contributed by atoms with E-state index in [9.17, 15) is 0 Å². The number of benzene rings is 8. The lowest BCUT2D eigenvalue weighted by Gasteiger charge is -2.28. The van der Waals surface area contributed by atoms with Crippen molar-refractivity contribution in [3.63, 3.8) is 0 Å². The average molecular weight is 803 g/mol. The SMILES string of the molecule is Cc1cc(C)c(C(c2ccc(N(c3cccc(-c4ccccc4)c3)c3nc(-c4ccccc4)nc(-c4ccc(-c5ccccc5)cc4)n3)cc2)c2c(C)cc(C)cc2C)c(C)c1. The Labute approximate surface area is 366 Å². The molecule has 0 aliphatic carbocycles. The molecule has 9 aromatic rings. The third-order valence-corrected chi connectivity index (χ3v) is 11.9. The number of hydrogen-bond donors (Lipinski definition) is 0. The second kappa shape index (κ2) is 17.3. The minimum Gasteiger partial charge on any atom is -0.279 e. The monoisotopic (exact) mass is 802 g/mol. The minimum absolute atomic E-state index is 0.0485. The minimum atomic E-state index is 0.0485. The first-order valence-corrected chi connectivity index (χ1v) is 21.4. The molecular weight excluding hydrogens is 753 g/mol. The van der Waals surface area contributed by atoms with Crippen LogP contribution in [0.2, 0.25) is 0 Å². The highest BCUT2D eigenvalue weighted by Crippen LogP contribution is 2.42. The van der Waals surface area contributed by atoms with Crippen LogP contribution in [0.25, 0.3) is 45.0 Å². The summed E-state index contributed by atoms with van der Waals surface area (Å²) in [6, 6.07) is 66.6. The van der Waals surface area contributed by atoms with E-state index in [1.54, 1.807) is 0 Å². The molecule has 9 rings (SSSR count). The van der Waals surface area contributed by atoms with Gasteiger partial charge in [0, 0.05) is 28.4 Å². The number of anilines is 3. The zero-order valence-corrected chi connectivity index (χ0v) is 36.3. The van der Waals surface area contributed by atoms with Crippen molar-refractivity contribution in [3.05, 3.63) is 238 Å². The molecular formula is C58H50N4. The molecule has 0 radical (unpaired) electrons. The summed E-state index contributed by atoms with van der Waals surface area (Å²) < 4.78 is 0. The lowest BCUT2D eigenvalue weighted by atomic mass is 9.77. The maximum Gasteiger partial charge on any atom is 0.238 e. The first-order chi connectivity index (χ1) is 30.2. The highest BCUT2D eigenvalue weighted by molar-refractivity contribution is 5.79. The molecule has 0 amide bonds. The third kappa shape index (κ3) is 8.20. The van der Waals surface area contributed by atoms with Gasteiger partial charge >= 0.3 is 0 Å². The van der Waals surface area contributed by atoms with Crippen molar-refractivity contribution in [2.75, 3.05) is 4.90 Å². The highest BCUT2D eigenvalue weighted by atomic mass is 15.3. The first-order valence-electron chi connectivity index (χ1n) is 21.4. The van der Waals surface area contributed by atoms with Crippen LogP contribution in [0.4, 0.5) is 17.3 Å². The highest BCUT2D eigenvalue weighted by Gasteiger charge is 2.26. The molecule has 8 aromatic carbocycles. The molecule has 0 bridgehead atoms. The summed E-state index contributed by atoms with van der Waals surface area (Å²) in [5.74, 6) is 1.79. The topological polar surface area (TPSA) is 41.9 Å². The van der Waals surface area contributed by atoms with Crippen LogP contribution >= 0.6 is 0 Å². The van der Waals surface area contributed by atoms with Gasteiger partial charge in [0.25, 0.3) is 0 Å². The Hall–Kier alpha value is -7.43. The van der Waals surface area contributed by atoms with Crippen LogP contribution in [-0.4, -0.2) is 15.0 Å². The van der Waals surface area contributed by atoms with Crippen molar-refractivity contribution in [2.24, 2.45) is 0 Å². The van der Waals surface area contributed by atoms with Gasteiger partial charge in [-0.2, -0.15) is 9.97 Å². The summed E-state index contributed by atoms with van der Waals surface area (Å²) >= 11 is 0. The number of aromatic nitrogens is 3. The summed E-state index contributed by atoms with van der Waals surface area (Å²) in [4.78, 5) is 17.9. The van der Waals surface area contributed by atoms with E-state index in [0.717, 1.165) is 44.8 Å². The fraction of sp³-hybridized carbons (Fsp3) is 0.121. The third-order valence-electron chi connectivity index (χ3n) is 11.9. The Bertz CT molecular complexity index is 2890. The van der Waals surface area contributed by atoms with Crippen LogP contribution in [0.5, 0.6) is 0 Å². The number of rotatable bonds is 10.